The highest BCUT2D eigenvalue weighted by Gasteiger charge is 2.21. The predicted molar refractivity (Wildman–Crippen MR) is 47.0 cm³/mol. The van der Waals surface area contributed by atoms with Gasteiger partial charge in [-0.05, 0) is 12.8 Å². The van der Waals surface area contributed by atoms with Crippen LogP contribution in [-0.4, -0.2) is 23.8 Å². The van der Waals surface area contributed by atoms with Crippen LogP contribution in [-0.2, 0) is 9.53 Å². The molecule has 0 aromatic carbocycles. The summed E-state index contributed by atoms with van der Waals surface area (Å²) in [4.78, 5) is 10.8. The summed E-state index contributed by atoms with van der Waals surface area (Å²) in [5.74, 6) is 0.258. The highest BCUT2D eigenvalue weighted by atomic mass is 79.9. The first-order chi connectivity index (χ1) is 5.33. The SMILES string of the molecule is O=C1COC(CCCCBr)C1. The van der Waals surface area contributed by atoms with E-state index in [1.165, 1.54) is 6.42 Å². The molecule has 0 spiro atoms. The topological polar surface area (TPSA) is 26.3 Å². The van der Waals surface area contributed by atoms with E-state index in [2.05, 4.69) is 15.9 Å². The van der Waals surface area contributed by atoms with Gasteiger partial charge in [-0.25, -0.2) is 0 Å². The van der Waals surface area contributed by atoms with Gasteiger partial charge in [0, 0.05) is 11.8 Å². The van der Waals surface area contributed by atoms with E-state index in [1.807, 2.05) is 0 Å². The van der Waals surface area contributed by atoms with Crippen LogP contribution in [0.15, 0.2) is 0 Å². The molecule has 1 fully saturated rings. The number of hydrogen-bond acceptors (Lipinski definition) is 2. The molecule has 64 valence electrons. The minimum Gasteiger partial charge on any atom is -0.370 e. The van der Waals surface area contributed by atoms with Crippen molar-refractivity contribution in [2.24, 2.45) is 0 Å². The fraction of sp³-hybridized carbons (Fsp3) is 0.875. The Morgan fingerprint density at radius 2 is 2.36 bits per heavy atom. The Bertz CT molecular complexity index is 136. The molecule has 0 aliphatic carbocycles. The van der Waals surface area contributed by atoms with Crippen LogP contribution in [0, 0.1) is 0 Å². The first-order valence-corrected chi connectivity index (χ1v) is 5.14. The van der Waals surface area contributed by atoms with E-state index in [-0.39, 0.29) is 11.9 Å². The van der Waals surface area contributed by atoms with Crippen LogP contribution in [0.2, 0.25) is 0 Å². The molecule has 0 radical (unpaired) electrons. The predicted octanol–water partition coefficient (Wildman–Crippen LogP) is 1.91. The third-order valence-electron chi connectivity index (χ3n) is 1.85. The number of rotatable bonds is 4. The van der Waals surface area contributed by atoms with E-state index in [9.17, 15) is 4.79 Å². The van der Waals surface area contributed by atoms with Crippen LogP contribution < -0.4 is 0 Å². The van der Waals surface area contributed by atoms with E-state index in [4.69, 9.17) is 4.74 Å². The summed E-state index contributed by atoms with van der Waals surface area (Å²) in [6.07, 6.45) is 4.23. The van der Waals surface area contributed by atoms with E-state index >= 15 is 0 Å². The summed E-state index contributed by atoms with van der Waals surface area (Å²) >= 11 is 3.36. The van der Waals surface area contributed by atoms with Gasteiger partial charge in [-0.2, -0.15) is 0 Å². The fourth-order valence-electron chi connectivity index (χ4n) is 1.23. The van der Waals surface area contributed by atoms with E-state index in [0.29, 0.717) is 13.0 Å². The van der Waals surface area contributed by atoms with Gasteiger partial charge in [0.05, 0.1) is 6.10 Å². The van der Waals surface area contributed by atoms with Crippen molar-refractivity contribution < 1.29 is 9.53 Å². The van der Waals surface area contributed by atoms with Gasteiger partial charge in [-0.3, -0.25) is 4.79 Å². The molecule has 0 saturated carbocycles. The zero-order valence-electron chi connectivity index (χ0n) is 6.51. The van der Waals surface area contributed by atoms with Crippen LogP contribution >= 0.6 is 15.9 Å². The average Bonchev–Trinajstić information content (AvgIpc) is 2.37. The lowest BCUT2D eigenvalue weighted by atomic mass is 10.1. The second-order valence-corrected chi connectivity index (χ2v) is 3.65. The molecule has 0 aromatic heterocycles. The van der Waals surface area contributed by atoms with Gasteiger partial charge in [0.1, 0.15) is 6.61 Å². The molecule has 3 heteroatoms. The highest BCUT2D eigenvalue weighted by molar-refractivity contribution is 9.09. The molecule has 1 heterocycles. The van der Waals surface area contributed by atoms with Crippen LogP contribution in [0.25, 0.3) is 0 Å². The molecule has 1 unspecified atom stereocenters. The Morgan fingerprint density at radius 1 is 1.55 bits per heavy atom. The van der Waals surface area contributed by atoms with Gasteiger partial charge in [0.2, 0.25) is 0 Å². The van der Waals surface area contributed by atoms with Crippen LogP contribution in [0.5, 0.6) is 0 Å². The summed E-state index contributed by atoms with van der Waals surface area (Å²) < 4.78 is 5.25. The molecule has 1 saturated heterocycles. The number of halogens is 1. The van der Waals surface area contributed by atoms with Gasteiger partial charge in [0.15, 0.2) is 5.78 Å². The summed E-state index contributed by atoms with van der Waals surface area (Å²) in [5.41, 5.74) is 0. The van der Waals surface area contributed by atoms with Gasteiger partial charge < -0.3 is 4.74 Å². The first kappa shape index (κ1) is 9.20. The maximum atomic E-state index is 10.8. The molecule has 0 amide bonds. The lowest BCUT2D eigenvalue weighted by Crippen LogP contribution is -2.04. The summed E-state index contributed by atoms with van der Waals surface area (Å²) in [6, 6.07) is 0. The Balaban J connectivity index is 2.04. The molecular weight excluding hydrogens is 208 g/mol. The van der Waals surface area contributed by atoms with Crippen molar-refractivity contribution in [3.05, 3.63) is 0 Å². The number of unbranched alkanes of at least 4 members (excludes halogenated alkanes) is 1. The van der Waals surface area contributed by atoms with Crippen LogP contribution in [0.1, 0.15) is 25.7 Å². The smallest absolute Gasteiger partial charge is 0.161 e. The monoisotopic (exact) mass is 220 g/mol. The van der Waals surface area contributed by atoms with Gasteiger partial charge >= 0.3 is 0 Å². The van der Waals surface area contributed by atoms with Crippen molar-refractivity contribution >= 4 is 21.7 Å². The molecule has 1 aliphatic heterocycles. The van der Waals surface area contributed by atoms with Crippen LogP contribution in [0.4, 0.5) is 0 Å². The Labute approximate surface area is 75.4 Å². The largest absolute Gasteiger partial charge is 0.370 e. The molecule has 1 aliphatic rings. The Kier molecular flexibility index (Phi) is 4.08. The van der Waals surface area contributed by atoms with Gasteiger partial charge in [0.25, 0.3) is 0 Å². The zero-order valence-corrected chi connectivity index (χ0v) is 8.10. The third-order valence-corrected chi connectivity index (χ3v) is 2.41. The highest BCUT2D eigenvalue weighted by Crippen LogP contribution is 2.15. The normalized spacial score (nSPS) is 24.5. The third kappa shape index (κ3) is 3.34. The molecule has 1 atom stereocenters. The number of carbonyl (C=O) groups excluding carboxylic acids is 1. The number of Topliss-reactive ketones (excluding diaryl/α,β-unsaturated/α-hetero) is 1. The maximum Gasteiger partial charge on any atom is 0.161 e. The van der Waals surface area contributed by atoms with Crippen molar-refractivity contribution in [3.8, 4) is 0 Å². The van der Waals surface area contributed by atoms with Crippen molar-refractivity contribution in [3.63, 3.8) is 0 Å². The Hall–Kier alpha value is 0.110. The minimum absolute atomic E-state index is 0.224. The number of carbonyl (C=O) groups is 1. The van der Waals surface area contributed by atoms with Crippen molar-refractivity contribution in [2.75, 3.05) is 11.9 Å². The van der Waals surface area contributed by atoms with E-state index in [0.717, 1.165) is 18.2 Å². The standard InChI is InChI=1S/C8H13BrO2/c9-4-2-1-3-8-5-7(10)6-11-8/h8H,1-6H2. The van der Waals surface area contributed by atoms with Gasteiger partial charge in [-0.1, -0.05) is 22.4 Å². The van der Waals surface area contributed by atoms with Crippen molar-refractivity contribution in [1.29, 1.82) is 0 Å². The number of hydrogen-bond donors (Lipinski definition) is 0. The zero-order chi connectivity index (χ0) is 8.10. The molecule has 0 aromatic rings. The lowest BCUT2D eigenvalue weighted by Gasteiger charge is -2.05. The first-order valence-electron chi connectivity index (χ1n) is 4.02. The van der Waals surface area contributed by atoms with Gasteiger partial charge in [-0.15, -0.1) is 0 Å². The second-order valence-electron chi connectivity index (χ2n) is 2.86. The maximum absolute atomic E-state index is 10.8. The number of alkyl halides is 1. The number of ketones is 1. The summed E-state index contributed by atoms with van der Waals surface area (Å²) in [5, 5.41) is 1.05. The second kappa shape index (κ2) is 4.88. The average molecular weight is 221 g/mol. The van der Waals surface area contributed by atoms with Crippen molar-refractivity contribution in [2.45, 2.75) is 31.8 Å². The number of ether oxygens (including phenoxy) is 1. The molecule has 0 N–H and O–H groups in total. The lowest BCUT2D eigenvalue weighted by molar-refractivity contribution is -0.117. The molecule has 1 rings (SSSR count). The van der Waals surface area contributed by atoms with E-state index in [1.54, 1.807) is 0 Å². The summed E-state index contributed by atoms with van der Waals surface area (Å²) in [7, 11) is 0. The minimum atomic E-state index is 0.224. The van der Waals surface area contributed by atoms with Crippen LogP contribution in [0.3, 0.4) is 0 Å². The molecule has 11 heavy (non-hydrogen) atoms. The van der Waals surface area contributed by atoms with Crippen molar-refractivity contribution in [1.82, 2.24) is 0 Å². The molecular formula is C8H13BrO2. The fourth-order valence-corrected chi connectivity index (χ4v) is 1.63. The molecule has 2 nitrogen and oxygen atoms in total. The van der Waals surface area contributed by atoms with E-state index < -0.39 is 0 Å². The Morgan fingerprint density at radius 3 is 2.91 bits per heavy atom. The summed E-state index contributed by atoms with van der Waals surface area (Å²) in [6.45, 7) is 0.346. The molecule has 0 bridgehead atoms. The quantitative estimate of drug-likeness (QED) is 0.535.